The first-order valence-electron chi connectivity index (χ1n) is 10.7. The lowest BCUT2D eigenvalue weighted by Crippen LogP contribution is -2.15. The summed E-state index contributed by atoms with van der Waals surface area (Å²) in [6.07, 6.45) is 10.2. The van der Waals surface area contributed by atoms with E-state index < -0.39 is 12.1 Å². The van der Waals surface area contributed by atoms with E-state index in [0.717, 1.165) is 49.0 Å². The second kappa shape index (κ2) is 13.4. The normalized spacial score (nSPS) is 11.5. The van der Waals surface area contributed by atoms with Crippen molar-refractivity contribution in [2.45, 2.75) is 58.0 Å². The fourth-order valence-corrected chi connectivity index (χ4v) is 3.03. The van der Waals surface area contributed by atoms with Crippen molar-refractivity contribution in [3.05, 3.63) is 54.1 Å². The van der Waals surface area contributed by atoms with E-state index in [1.807, 2.05) is 36.4 Å². The molecule has 0 aliphatic rings. The lowest BCUT2D eigenvalue weighted by Gasteiger charge is -2.10. The first-order valence-corrected chi connectivity index (χ1v) is 10.7. The number of ether oxygens (including phenoxy) is 2. The van der Waals surface area contributed by atoms with Crippen LogP contribution in [0.4, 0.5) is 4.39 Å². The number of hydrogen-bond donors (Lipinski definition) is 0. The second-order valence-electron chi connectivity index (χ2n) is 7.30. The Bertz CT molecular complexity index is 791. The van der Waals surface area contributed by atoms with Crippen molar-refractivity contribution in [2.24, 2.45) is 0 Å². The van der Waals surface area contributed by atoms with E-state index in [1.165, 1.54) is 0 Å². The summed E-state index contributed by atoms with van der Waals surface area (Å²) in [4.78, 5) is 12.1. The van der Waals surface area contributed by atoms with Crippen LogP contribution in [0.25, 0.3) is 11.1 Å². The molecule has 0 unspecified atom stereocenters. The first kappa shape index (κ1) is 23.5. The standard InChI is InChI=1S/C26H31FO3/c1-3-5-7-8-10-24(27)20-30-26(28)23-13-11-21(12-14-23)22-15-17-25(18-16-22)29-19-9-6-4-2/h2,11-18,24H,3,5-10,19-20H2,1H3/t24-/m0/s1. The number of halogens is 1. The molecule has 0 aliphatic carbocycles. The largest absolute Gasteiger partial charge is 0.494 e. The van der Waals surface area contributed by atoms with Gasteiger partial charge in [-0.1, -0.05) is 56.9 Å². The number of benzene rings is 2. The Balaban J connectivity index is 1.81. The minimum absolute atomic E-state index is 0.185. The molecule has 3 nitrogen and oxygen atoms in total. The Morgan fingerprint density at radius 1 is 1.00 bits per heavy atom. The molecule has 0 aromatic heterocycles. The fourth-order valence-electron chi connectivity index (χ4n) is 3.03. The number of esters is 1. The minimum Gasteiger partial charge on any atom is -0.494 e. The molecule has 0 saturated heterocycles. The van der Waals surface area contributed by atoms with Crippen LogP contribution in [0.3, 0.4) is 0 Å². The maximum absolute atomic E-state index is 13.8. The predicted molar refractivity (Wildman–Crippen MR) is 119 cm³/mol. The molecule has 2 aromatic carbocycles. The van der Waals surface area contributed by atoms with Crippen LogP contribution in [0.15, 0.2) is 48.5 Å². The molecule has 4 heteroatoms. The third-order valence-corrected chi connectivity index (χ3v) is 4.81. The van der Waals surface area contributed by atoms with Gasteiger partial charge in [-0.2, -0.15) is 0 Å². The molecule has 0 aliphatic heterocycles. The number of alkyl halides is 1. The lowest BCUT2D eigenvalue weighted by atomic mass is 10.0. The molecule has 1 atom stereocenters. The number of hydrogen-bond acceptors (Lipinski definition) is 3. The fraction of sp³-hybridized carbons (Fsp3) is 0.423. The van der Waals surface area contributed by atoms with Crippen molar-refractivity contribution in [3.8, 4) is 29.2 Å². The zero-order chi connectivity index (χ0) is 21.6. The van der Waals surface area contributed by atoms with Gasteiger partial charge in [0.25, 0.3) is 0 Å². The molecule has 0 bridgehead atoms. The van der Waals surface area contributed by atoms with Gasteiger partial charge >= 0.3 is 5.97 Å². The molecular weight excluding hydrogens is 379 g/mol. The monoisotopic (exact) mass is 410 g/mol. The number of carbonyl (C=O) groups excluding carboxylic acids is 1. The van der Waals surface area contributed by atoms with Gasteiger partial charge in [-0.25, -0.2) is 9.18 Å². The van der Waals surface area contributed by atoms with Crippen LogP contribution < -0.4 is 4.74 Å². The molecule has 0 amide bonds. The van der Waals surface area contributed by atoms with E-state index in [9.17, 15) is 9.18 Å². The highest BCUT2D eigenvalue weighted by Crippen LogP contribution is 2.23. The van der Waals surface area contributed by atoms with Crippen LogP contribution in [-0.2, 0) is 4.74 Å². The molecule has 0 spiro atoms. The maximum atomic E-state index is 13.8. The molecule has 2 rings (SSSR count). The molecule has 30 heavy (non-hydrogen) atoms. The first-order chi connectivity index (χ1) is 14.6. The van der Waals surface area contributed by atoms with Gasteiger partial charge in [0.05, 0.1) is 12.2 Å². The molecule has 0 N–H and O–H groups in total. The van der Waals surface area contributed by atoms with Crippen molar-refractivity contribution in [2.75, 3.05) is 13.2 Å². The lowest BCUT2D eigenvalue weighted by molar-refractivity contribution is 0.0389. The van der Waals surface area contributed by atoms with E-state index in [-0.39, 0.29) is 6.61 Å². The van der Waals surface area contributed by atoms with E-state index in [4.69, 9.17) is 15.9 Å². The van der Waals surface area contributed by atoms with Crippen molar-refractivity contribution >= 4 is 5.97 Å². The second-order valence-corrected chi connectivity index (χ2v) is 7.30. The summed E-state index contributed by atoms with van der Waals surface area (Å²) in [6, 6.07) is 14.9. The summed E-state index contributed by atoms with van der Waals surface area (Å²) >= 11 is 0. The number of rotatable bonds is 13. The van der Waals surface area contributed by atoms with Gasteiger partial charge in [-0.05, 0) is 48.2 Å². The van der Waals surface area contributed by atoms with Crippen LogP contribution in [-0.4, -0.2) is 25.4 Å². The molecule has 0 saturated carbocycles. The van der Waals surface area contributed by atoms with Gasteiger partial charge in [0, 0.05) is 6.42 Å². The third-order valence-electron chi connectivity index (χ3n) is 4.81. The van der Waals surface area contributed by atoms with E-state index >= 15 is 0 Å². The van der Waals surface area contributed by atoms with Gasteiger partial charge in [0.2, 0.25) is 0 Å². The number of terminal acetylenes is 1. The molecule has 0 heterocycles. The predicted octanol–water partition coefficient (Wildman–Crippen LogP) is 6.61. The Labute approximate surface area is 179 Å². The van der Waals surface area contributed by atoms with E-state index in [2.05, 4.69) is 12.8 Å². The Morgan fingerprint density at radius 3 is 2.30 bits per heavy atom. The summed E-state index contributed by atoms with van der Waals surface area (Å²) in [5.74, 6) is 2.90. The zero-order valence-electron chi connectivity index (χ0n) is 17.7. The quantitative estimate of drug-likeness (QED) is 0.212. The van der Waals surface area contributed by atoms with Crippen molar-refractivity contribution in [1.29, 1.82) is 0 Å². The molecule has 160 valence electrons. The Kier molecular flexibility index (Phi) is 10.5. The minimum atomic E-state index is -1.10. The maximum Gasteiger partial charge on any atom is 0.338 e. The number of carbonyl (C=O) groups is 1. The summed E-state index contributed by atoms with van der Waals surface area (Å²) in [5, 5.41) is 0. The number of unbranched alkanes of at least 4 members (excludes halogenated alkanes) is 4. The average molecular weight is 411 g/mol. The van der Waals surface area contributed by atoms with Gasteiger partial charge in [-0.3, -0.25) is 0 Å². The highest BCUT2D eigenvalue weighted by molar-refractivity contribution is 5.90. The zero-order valence-corrected chi connectivity index (χ0v) is 17.7. The van der Waals surface area contributed by atoms with Crippen molar-refractivity contribution < 1.29 is 18.7 Å². The topological polar surface area (TPSA) is 35.5 Å². The Morgan fingerprint density at radius 2 is 1.67 bits per heavy atom. The van der Waals surface area contributed by atoms with Gasteiger partial charge in [0.1, 0.15) is 18.5 Å². The van der Waals surface area contributed by atoms with Crippen LogP contribution in [0.5, 0.6) is 5.75 Å². The molecular formula is C26H31FO3. The van der Waals surface area contributed by atoms with E-state index in [1.54, 1.807) is 12.1 Å². The van der Waals surface area contributed by atoms with Gasteiger partial charge in [0.15, 0.2) is 0 Å². The van der Waals surface area contributed by atoms with Crippen molar-refractivity contribution in [1.82, 2.24) is 0 Å². The third kappa shape index (κ3) is 8.29. The molecule has 0 radical (unpaired) electrons. The average Bonchev–Trinajstić information content (AvgIpc) is 2.78. The highest BCUT2D eigenvalue weighted by Gasteiger charge is 2.12. The highest BCUT2D eigenvalue weighted by atomic mass is 19.1. The van der Waals surface area contributed by atoms with Gasteiger partial charge in [-0.15, -0.1) is 12.3 Å². The van der Waals surface area contributed by atoms with Crippen LogP contribution in [0.1, 0.15) is 62.2 Å². The summed E-state index contributed by atoms with van der Waals surface area (Å²) < 4.78 is 24.6. The SMILES string of the molecule is C#CCCCOc1ccc(-c2ccc(C(=O)OC[C@@H](F)CCCCCC)cc2)cc1. The summed E-state index contributed by atoms with van der Waals surface area (Å²) in [6.45, 7) is 2.53. The van der Waals surface area contributed by atoms with Crippen molar-refractivity contribution in [3.63, 3.8) is 0 Å². The molecule has 2 aromatic rings. The summed E-state index contributed by atoms with van der Waals surface area (Å²) in [7, 11) is 0. The van der Waals surface area contributed by atoms with E-state index in [0.29, 0.717) is 25.0 Å². The van der Waals surface area contributed by atoms with Crippen LogP contribution in [0, 0.1) is 12.3 Å². The Hall–Kier alpha value is -2.80. The molecule has 0 fully saturated rings. The van der Waals surface area contributed by atoms with Crippen LogP contribution in [0.2, 0.25) is 0 Å². The van der Waals surface area contributed by atoms with Crippen LogP contribution >= 0.6 is 0 Å². The summed E-state index contributed by atoms with van der Waals surface area (Å²) in [5.41, 5.74) is 2.41. The smallest absolute Gasteiger partial charge is 0.338 e. The van der Waals surface area contributed by atoms with Gasteiger partial charge < -0.3 is 9.47 Å².